The highest BCUT2D eigenvalue weighted by Gasteiger charge is 2.27. The molecule has 22 heavy (non-hydrogen) atoms. The largest absolute Gasteiger partial charge is 0.352 e. The molecule has 1 fully saturated rings. The van der Waals surface area contributed by atoms with Crippen molar-refractivity contribution in [2.75, 3.05) is 0 Å². The van der Waals surface area contributed by atoms with E-state index in [2.05, 4.69) is 23.9 Å². The first-order chi connectivity index (χ1) is 10.4. The van der Waals surface area contributed by atoms with E-state index in [0.717, 1.165) is 24.8 Å². The van der Waals surface area contributed by atoms with Crippen molar-refractivity contribution in [3.63, 3.8) is 0 Å². The highest BCUT2D eigenvalue weighted by atomic mass is 32.2. The summed E-state index contributed by atoms with van der Waals surface area (Å²) in [6, 6.07) is 6.75. The normalized spacial score (nSPS) is 15.0. The number of benzene rings is 1. The van der Waals surface area contributed by atoms with E-state index in [1.807, 2.05) is 0 Å². The number of carbonyl (C=O) groups is 1. The van der Waals surface area contributed by atoms with E-state index in [1.54, 1.807) is 24.3 Å². The van der Waals surface area contributed by atoms with Gasteiger partial charge in [0.15, 0.2) is 0 Å². The smallest absolute Gasteiger partial charge is 0.240 e. The standard InChI is InChI=1S/C16H24N2O3S/c1-12(2)3-10-16(19)17-11-13-4-8-15(9-5-13)22(20,21)18-14-6-7-14/h4-5,8-9,12,14,18H,3,6-7,10-11H2,1-2H3,(H,17,19). The molecule has 1 aliphatic carbocycles. The molecule has 0 aliphatic heterocycles. The van der Waals surface area contributed by atoms with Crippen LogP contribution in [0.1, 0.15) is 45.1 Å². The van der Waals surface area contributed by atoms with E-state index in [0.29, 0.717) is 18.9 Å². The third-order valence-electron chi connectivity index (χ3n) is 3.57. The number of rotatable bonds is 8. The molecule has 0 heterocycles. The summed E-state index contributed by atoms with van der Waals surface area (Å²) in [6.07, 6.45) is 3.23. The van der Waals surface area contributed by atoms with Crippen LogP contribution in [-0.2, 0) is 21.4 Å². The van der Waals surface area contributed by atoms with Gasteiger partial charge in [-0.3, -0.25) is 4.79 Å². The van der Waals surface area contributed by atoms with Crippen molar-refractivity contribution in [3.05, 3.63) is 29.8 Å². The summed E-state index contributed by atoms with van der Waals surface area (Å²) in [5.74, 6) is 0.537. The summed E-state index contributed by atoms with van der Waals surface area (Å²) in [6.45, 7) is 4.59. The Bertz CT molecular complexity index is 605. The highest BCUT2D eigenvalue weighted by molar-refractivity contribution is 7.89. The van der Waals surface area contributed by atoms with Gasteiger partial charge < -0.3 is 5.32 Å². The molecule has 0 saturated heterocycles. The first kappa shape index (κ1) is 17.0. The molecule has 1 aromatic carbocycles. The predicted molar refractivity (Wildman–Crippen MR) is 85.7 cm³/mol. The summed E-state index contributed by atoms with van der Waals surface area (Å²) in [4.78, 5) is 11.9. The minimum Gasteiger partial charge on any atom is -0.352 e. The minimum atomic E-state index is -3.40. The Morgan fingerprint density at radius 3 is 2.41 bits per heavy atom. The van der Waals surface area contributed by atoms with E-state index >= 15 is 0 Å². The second kappa shape index (κ2) is 7.24. The third kappa shape index (κ3) is 5.42. The predicted octanol–water partition coefficient (Wildman–Crippen LogP) is 2.18. The zero-order valence-electron chi connectivity index (χ0n) is 13.1. The van der Waals surface area contributed by atoms with Crippen LogP contribution in [0.2, 0.25) is 0 Å². The fourth-order valence-corrected chi connectivity index (χ4v) is 3.29. The van der Waals surface area contributed by atoms with E-state index in [1.165, 1.54) is 0 Å². The van der Waals surface area contributed by atoms with Gasteiger partial charge in [0.1, 0.15) is 0 Å². The first-order valence-electron chi connectivity index (χ1n) is 7.75. The van der Waals surface area contributed by atoms with Crippen LogP contribution >= 0.6 is 0 Å². The molecular weight excluding hydrogens is 300 g/mol. The van der Waals surface area contributed by atoms with Crippen LogP contribution in [0.25, 0.3) is 0 Å². The Kier molecular flexibility index (Phi) is 5.58. The SMILES string of the molecule is CC(C)CCC(=O)NCc1ccc(S(=O)(=O)NC2CC2)cc1. The van der Waals surface area contributed by atoms with Crippen LogP contribution in [0.15, 0.2) is 29.2 Å². The molecule has 0 unspecified atom stereocenters. The molecule has 2 rings (SSSR count). The number of hydrogen-bond acceptors (Lipinski definition) is 3. The van der Waals surface area contributed by atoms with Gasteiger partial charge in [0.25, 0.3) is 0 Å². The van der Waals surface area contributed by atoms with Crippen LogP contribution in [0.5, 0.6) is 0 Å². The summed E-state index contributed by atoms with van der Waals surface area (Å²) in [5.41, 5.74) is 0.892. The van der Waals surface area contributed by atoms with Crippen molar-refractivity contribution in [2.24, 2.45) is 5.92 Å². The fraction of sp³-hybridized carbons (Fsp3) is 0.562. The zero-order chi connectivity index (χ0) is 16.2. The molecule has 1 aromatic rings. The van der Waals surface area contributed by atoms with Gasteiger partial charge in [-0.2, -0.15) is 0 Å². The molecule has 1 saturated carbocycles. The van der Waals surface area contributed by atoms with E-state index in [9.17, 15) is 13.2 Å². The van der Waals surface area contributed by atoms with Gasteiger partial charge in [-0.15, -0.1) is 0 Å². The topological polar surface area (TPSA) is 75.3 Å². The maximum absolute atomic E-state index is 12.0. The van der Waals surface area contributed by atoms with Crippen molar-refractivity contribution < 1.29 is 13.2 Å². The summed E-state index contributed by atoms with van der Waals surface area (Å²) < 4.78 is 26.7. The lowest BCUT2D eigenvalue weighted by atomic mass is 10.1. The van der Waals surface area contributed by atoms with E-state index < -0.39 is 10.0 Å². The number of sulfonamides is 1. The van der Waals surface area contributed by atoms with Gasteiger partial charge in [0.2, 0.25) is 15.9 Å². The molecule has 0 atom stereocenters. The summed E-state index contributed by atoms with van der Waals surface area (Å²) in [5, 5.41) is 2.85. The Morgan fingerprint density at radius 1 is 1.23 bits per heavy atom. The maximum Gasteiger partial charge on any atom is 0.240 e. The van der Waals surface area contributed by atoms with Crippen molar-refractivity contribution in [1.29, 1.82) is 0 Å². The van der Waals surface area contributed by atoms with Crippen molar-refractivity contribution in [3.8, 4) is 0 Å². The Labute approximate surface area is 132 Å². The number of carbonyl (C=O) groups excluding carboxylic acids is 1. The second-order valence-electron chi connectivity index (χ2n) is 6.25. The molecule has 6 heteroatoms. The van der Waals surface area contributed by atoms with Gasteiger partial charge in [-0.05, 0) is 42.9 Å². The van der Waals surface area contributed by atoms with Crippen LogP contribution in [0, 0.1) is 5.92 Å². The molecule has 0 bridgehead atoms. The zero-order valence-corrected chi connectivity index (χ0v) is 13.9. The van der Waals surface area contributed by atoms with Gasteiger partial charge in [-0.25, -0.2) is 13.1 Å². The molecule has 1 aliphatic rings. The van der Waals surface area contributed by atoms with Crippen LogP contribution in [0.3, 0.4) is 0 Å². The van der Waals surface area contributed by atoms with E-state index in [4.69, 9.17) is 0 Å². The van der Waals surface area contributed by atoms with Crippen LogP contribution in [0.4, 0.5) is 0 Å². The van der Waals surface area contributed by atoms with Crippen LogP contribution in [-0.4, -0.2) is 20.4 Å². The number of amides is 1. The van der Waals surface area contributed by atoms with Gasteiger partial charge >= 0.3 is 0 Å². The monoisotopic (exact) mass is 324 g/mol. The van der Waals surface area contributed by atoms with Crippen LogP contribution < -0.4 is 10.0 Å². The van der Waals surface area contributed by atoms with Crippen molar-refractivity contribution in [1.82, 2.24) is 10.0 Å². The molecule has 1 amide bonds. The van der Waals surface area contributed by atoms with Crippen molar-refractivity contribution in [2.45, 2.75) is 57.0 Å². The lowest BCUT2D eigenvalue weighted by molar-refractivity contribution is -0.121. The molecule has 0 spiro atoms. The van der Waals surface area contributed by atoms with Gasteiger partial charge in [-0.1, -0.05) is 26.0 Å². The fourth-order valence-electron chi connectivity index (χ4n) is 1.98. The maximum atomic E-state index is 12.0. The molecule has 0 radical (unpaired) electrons. The highest BCUT2D eigenvalue weighted by Crippen LogP contribution is 2.22. The molecule has 0 aromatic heterocycles. The average molecular weight is 324 g/mol. The second-order valence-corrected chi connectivity index (χ2v) is 7.96. The lowest BCUT2D eigenvalue weighted by Gasteiger charge is -2.08. The molecular formula is C16H24N2O3S. The molecule has 122 valence electrons. The number of nitrogens with one attached hydrogen (secondary N) is 2. The third-order valence-corrected chi connectivity index (χ3v) is 5.11. The quantitative estimate of drug-likeness (QED) is 0.769. The van der Waals surface area contributed by atoms with Gasteiger partial charge in [0, 0.05) is 19.0 Å². The Hall–Kier alpha value is -1.40. The summed E-state index contributed by atoms with van der Waals surface area (Å²) in [7, 11) is -3.40. The molecule has 2 N–H and O–H groups in total. The van der Waals surface area contributed by atoms with Gasteiger partial charge in [0.05, 0.1) is 4.90 Å². The van der Waals surface area contributed by atoms with E-state index in [-0.39, 0.29) is 16.8 Å². The molecule has 5 nitrogen and oxygen atoms in total. The number of hydrogen-bond donors (Lipinski definition) is 2. The Morgan fingerprint density at radius 2 is 1.86 bits per heavy atom. The Balaban J connectivity index is 1.85. The summed E-state index contributed by atoms with van der Waals surface area (Å²) >= 11 is 0. The average Bonchev–Trinajstić information content (AvgIpc) is 3.26. The first-order valence-corrected chi connectivity index (χ1v) is 9.23. The lowest BCUT2D eigenvalue weighted by Crippen LogP contribution is -2.26. The van der Waals surface area contributed by atoms with Crippen molar-refractivity contribution >= 4 is 15.9 Å². The minimum absolute atomic E-state index is 0.0285.